The highest BCUT2D eigenvalue weighted by Crippen LogP contribution is 2.30. The zero-order valence-corrected chi connectivity index (χ0v) is 13.4. The number of imidazole rings is 1. The van der Waals surface area contributed by atoms with Crippen LogP contribution in [0.2, 0.25) is 0 Å². The van der Waals surface area contributed by atoms with Gasteiger partial charge in [0.15, 0.2) is 17.3 Å². The molecule has 2 aromatic heterocycles. The van der Waals surface area contributed by atoms with E-state index in [1.807, 2.05) is 42.0 Å². The molecule has 0 spiro atoms. The van der Waals surface area contributed by atoms with E-state index in [0.717, 1.165) is 29.5 Å². The molecule has 0 bridgehead atoms. The summed E-state index contributed by atoms with van der Waals surface area (Å²) in [6.45, 7) is 2.03. The zero-order chi connectivity index (χ0) is 16.2. The van der Waals surface area contributed by atoms with Crippen LogP contribution in [0.25, 0.3) is 17.2 Å². The highest BCUT2D eigenvalue weighted by Gasteiger charge is 2.12. The Morgan fingerprint density at radius 2 is 1.83 bits per heavy atom. The Morgan fingerprint density at radius 3 is 2.57 bits per heavy atom. The summed E-state index contributed by atoms with van der Waals surface area (Å²) in [6.07, 6.45) is 6.18. The first-order valence-corrected chi connectivity index (χ1v) is 7.35. The van der Waals surface area contributed by atoms with Crippen molar-refractivity contribution in [1.82, 2.24) is 19.5 Å². The first-order valence-electron chi connectivity index (χ1n) is 7.35. The third-order valence-electron chi connectivity index (χ3n) is 3.54. The Bertz CT molecular complexity index is 814. The van der Waals surface area contributed by atoms with Crippen LogP contribution in [-0.4, -0.2) is 33.7 Å². The van der Waals surface area contributed by atoms with Gasteiger partial charge in [0.1, 0.15) is 11.5 Å². The van der Waals surface area contributed by atoms with Gasteiger partial charge in [0.05, 0.1) is 19.9 Å². The fourth-order valence-corrected chi connectivity index (χ4v) is 2.37. The van der Waals surface area contributed by atoms with E-state index in [-0.39, 0.29) is 0 Å². The zero-order valence-electron chi connectivity index (χ0n) is 13.4. The molecule has 0 aliphatic rings. The van der Waals surface area contributed by atoms with Gasteiger partial charge in [-0.05, 0) is 18.2 Å². The normalized spacial score (nSPS) is 10.6. The monoisotopic (exact) mass is 310 g/mol. The Labute approximate surface area is 134 Å². The van der Waals surface area contributed by atoms with Crippen LogP contribution in [0.3, 0.4) is 0 Å². The summed E-state index contributed by atoms with van der Waals surface area (Å²) < 4.78 is 12.6. The van der Waals surface area contributed by atoms with Crippen LogP contribution in [0.4, 0.5) is 0 Å². The van der Waals surface area contributed by atoms with Crippen molar-refractivity contribution in [2.24, 2.45) is 0 Å². The maximum atomic E-state index is 5.37. The summed E-state index contributed by atoms with van der Waals surface area (Å²) >= 11 is 0. The van der Waals surface area contributed by atoms with Crippen LogP contribution in [0, 0.1) is 0 Å². The van der Waals surface area contributed by atoms with Crippen molar-refractivity contribution >= 4 is 0 Å². The largest absolute Gasteiger partial charge is 0.493 e. The number of hydrogen-bond donors (Lipinski definition) is 0. The summed E-state index contributed by atoms with van der Waals surface area (Å²) in [5.41, 5.74) is 1.71. The molecule has 6 heteroatoms. The topological polar surface area (TPSA) is 62.1 Å². The van der Waals surface area contributed by atoms with Crippen LogP contribution in [0.1, 0.15) is 12.7 Å². The van der Waals surface area contributed by atoms with Gasteiger partial charge in [0.2, 0.25) is 0 Å². The lowest BCUT2D eigenvalue weighted by Crippen LogP contribution is -2.01. The number of aromatic nitrogens is 4. The van der Waals surface area contributed by atoms with E-state index >= 15 is 0 Å². The summed E-state index contributed by atoms with van der Waals surface area (Å²) in [7, 11) is 3.24. The molecule has 6 nitrogen and oxygen atoms in total. The molecule has 3 aromatic rings. The van der Waals surface area contributed by atoms with Crippen LogP contribution >= 0.6 is 0 Å². The fourth-order valence-electron chi connectivity index (χ4n) is 2.37. The van der Waals surface area contributed by atoms with Crippen molar-refractivity contribution < 1.29 is 9.47 Å². The predicted octanol–water partition coefficient (Wildman–Crippen LogP) is 2.91. The van der Waals surface area contributed by atoms with Crippen molar-refractivity contribution in [2.45, 2.75) is 13.3 Å². The highest BCUT2D eigenvalue weighted by atomic mass is 16.5. The number of aryl methyl sites for hydroxylation is 1. The Morgan fingerprint density at radius 1 is 1.00 bits per heavy atom. The smallest absolute Gasteiger partial charge is 0.163 e. The van der Waals surface area contributed by atoms with Crippen LogP contribution in [-0.2, 0) is 6.42 Å². The number of ether oxygens (including phenoxy) is 2. The van der Waals surface area contributed by atoms with Crippen molar-refractivity contribution in [3.63, 3.8) is 0 Å². The molecule has 2 heterocycles. The summed E-state index contributed by atoms with van der Waals surface area (Å²) in [4.78, 5) is 13.2. The summed E-state index contributed by atoms with van der Waals surface area (Å²) in [5, 5.41) is 0. The molecule has 0 N–H and O–H groups in total. The Kier molecular flexibility index (Phi) is 4.23. The lowest BCUT2D eigenvalue weighted by molar-refractivity contribution is 0.355. The van der Waals surface area contributed by atoms with E-state index in [2.05, 4.69) is 15.0 Å². The summed E-state index contributed by atoms with van der Waals surface area (Å²) in [6, 6.07) is 7.59. The van der Waals surface area contributed by atoms with Crippen LogP contribution in [0.5, 0.6) is 11.5 Å². The minimum absolute atomic E-state index is 0.668. The Hall–Kier alpha value is -2.89. The van der Waals surface area contributed by atoms with Gasteiger partial charge in [-0.1, -0.05) is 6.92 Å². The average molecular weight is 310 g/mol. The van der Waals surface area contributed by atoms with Gasteiger partial charge >= 0.3 is 0 Å². The van der Waals surface area contributed by atoms with Gasteiger partial charge in [-0.15, -0.1) is 0 Å². The first kappa shape index (κ1) is 15.0. The molecule has 0 aliphatic heterocycles. The molecule has 0 aliphatic carbocycles. The van der Waals surface area contributed by atoms with Gasteiger partial charge in [0, 0.05) is 31.1 Å². The second-order valence-corrected chi connectivity index (χ2v) is 4.87. The van der Waals surface area contributed by atoms with Crippen LogP contribution in [0.15, 0.2) is 42.9 Å². The van der Waals surface area contributed by atoms with Gasteiger partial charge in [0.25, 0.3) is 0 Å². The SMILES string of the molecule is CCc1nccc(-c2nccn2-c2ccc(OC)c(OC)c2)n1. The third-order valence-corrected chi connectivity index (χ3v) is 3.54. The lowest BCUT2D eigenvalue weighted by atomic mass is 10.2. The average Bonchev–Trinajstić information content (AvgIpc) is 3.10. The van der Waals surface area contributed by atoms with Gasteiger partial charge in [-0.2, -0.15) is 0 Å². The van der Waals surface area contributed by atoms with Gasteiger partial charge < -0.3 is 9.47 Å². The van der Waals surface area contributed by atoms with Crippen molar-refractivity contribution in [3.8, 4) is 28.7 Å². The fraction of sp³-hybridized carbons (Fsp3) is 0.235. The molecule has 0 unspecified atom stereocenters. The number of benzene rings is 1. The second-order valence-electron chi connectivity index (χ2n) is 4.87. The number of methoxy groups -OCH3 is 2. The van der Waals surface area contributed by atoms with E-state index < -0.39 is 0 Å². The van der Waals surface area contributed by atoms with Gasteiger partial charge in [-0.3, -0.25) is 4.57 Å². The molecule has 1 aromatic carbocycles. The lowest BCUT2D eigenvalue weighted by Gasteiger charge is -2.12. The molecule has 0 amide bonds. The first-order chi connectivity index (χ1) is 11.3. The second kappa shape index (κ2) is 6.48. The highest BCUT2D eigenvalue weighted by molar-refractivity contribution is 5.56. The van der Waals surface area contributed by atoms with Crippen LogP contribution < -0.4 is 9.47 Å². The Balaban J connectivity index is 2.07. The van der Waals surface area contributed by atoms with Crippen molar-refractivity contribution in [2.75, 3.05) is 14.2 Å². The number of rotatable bonds is 5. The number of nitrogens with zero attached hydrogens (tertiary/aromatic N) is 4. The third kappa shape index (κ3) is 2.88. The molecule has 0 fully saturated rings. The van der Waals surface area contributed by atoms with E-state index in [1.54, 1.807) is 26.6 Å². The maximum Gasteiger partial charge on any atom is 0.163 e. The molecule has 0 atom stereocenters. The standard InChI is InChI=1S/C17H18N4O2/c1-4-16-18-8-7-13(20-16)17-19-9-10-21(17)12-5-6-14(22-2)15(11-12)23-3/h5-11H,4H2,1-3H3. The van der Waals surface area contributed by atoms with Gasteiger partial charge in [-0.25, -0.2) is 15.0 Å². The van der Waals surface area contributed by atoms with E-state index in [4.69, 9.17) is 9.47 Å². The molecule has 118 valence electrons. The minimum atomic E-state index is 0.668. The molecule has 0 radical (unpaired) electrons. The summed E-state index contributed by atoms with van der Waals surface area (Å²) in [5.74, 6) is 2.91. The number of hydrogen-bond acceptors (Lipinski definition) is 5. The molecule has 0 saturated heterocycles. The molecular weight excluding hydrogens is 292 g/mol. The molecule has 23 heavy (non-hydrogen) atoms. The minimum Gasteiger partial charge on any atom is -0.493 e. The van der Waals surface area contributed by atoms with Crippen molar-refractivity contribution in [3.05, 3.63) is 48.7 Å². The molecule has 3 rings (SSSR count). The van der Waals surface area contributed by atoms with E-state index in [9.17, 15) is 0 Å². The predicted molar refractivity (Wildman–Crippen MR) is 87.1 cm³/mol. The quantitative estimate of drug-likeness (QED) is 0.725. The van der Waals surface area contributed by atoms with E-state index in [1.165, 1.54) is 0 Å². The van der Waals surface area contributed by atoms with E-state index in [0.29, 0.717) is 11.5 Å². The van der Waals surface area contributed by atoms with Crippen molar-refractivity contribution in [1.29, 1.82) is 0 Å². The molecular formula is C17H18N4O2. The molecule has 0 saturated carbocycles. The maximum absolute atomic E-state index is 5.37.